The van der Waals surface area contributed by atoms with Crippen LogP contribution in [0.4, 0.5) is 5.69 Å². The number of anilines is 1. The van der Waals surface area contributed by atoms with Gasteiger partial charge in [-0.05, 0) is 53.7 Å². The summed E-state index contributed by atoms with van der Waals surface area (Å²) >= 11 is 8.79. The summed E-state index contributed by atoms with van der Waals surface area (Å²) in [5.41, 5.74) is 7.94. The highest BCUT2D eigenvalue weighted by atomic mass is 79.9. The van der Waals surface area contributed by atoms with Crippen molar-refractivity contribution < 1.29 is 4.74 Å². The molecule has 0 radical (unpaired) electrons. The summed E-state index contributed by atoms with van der Waals surface area (Å²) in [4.78, 5) is 2.80. The lowest BCUT2D eigenvalue weighted by Crippen LogP contribution is -2.38. The molecule has 0 aliphatic heterocycles. The molecule has 1 aliphatic carbocycles. The maximum atomic E-state index is 5.92. The van der Waals surface area contributed by atoms with E-state index in [1.807, 2.05) is 12.1 Å². The second-order valence-corrected chi connectivity index (χ2v) is 6.56. The first-order valence-corrected chi connectivity index (χ1v) is 8.10. The van der Waals surface area contributed by atoms with Gasteiger partial charge < -0.3 is 15.4 Å². The molecule has 0 aromatic heterocycles. The summed E-state index contributed by atoms with van der Waals surface area (Å²) in [5, 5.41) is 0. The quantitative estimate of drug-likeness (QED) is 0.760. The van der Waals surface area contributed by atoms with Crippen molar-refractivity contribution in [2.75, 3.05) is 25.2 Å². The molecule has 0 heterocycles. The molecule has 1 aliphatic rings. The van der Waals surface area contributed by atoms with Crippen LogP contribution in [0.25, 0.3) is 0 Å². The van der Waals surface area contributed by atoms with Crippen molar-refractivity contribution in [2.45, 2.75) is 25.8 Å². The first-order valence-electron chi connectivity index (χ1n) is 6.90. The number of methoxy groups -OCH3 is 1. The number of hydrogen-bond acceptors (Lipinski definition) is 3. The SMILES string of the molecule is COCCN(c1cccc(Br)c1C(N)=S)C(C)C1CC1. The van der Waals surface area contributed by atoms with E-state index < -0.39 is 0 Å². The lowest BCUT2D eigenvalue weighted by atomic mass is 10.1. The predicted octanol–water partition coefficient (Wildman–Crippen LogP) is 3.33. The van der Waals surface area contributed by atoms with Crippen molar-refractivity contribution >= 4 is 38.8 Å². The molecule has 1 unspecified atom stereocenters. The van der Waals surface area contributed by atoms with Crippen LogP contribution in [0.5, 0.6) is 0 Å². The van der Waals surface area contributed by atoms with Crippen LogP contribution in [0.3, 0.4) is 0 Å². The fraction of sp³-hybridized carbons (Fsp3) is 0.533. The minimum Gasteiger partial charge on any atom is -0.389 e. The smallest absolute Gasteiger partial charge is 0.107 e. The first-order chi connectivity index (χ1) is 9.56. The topological polar surface area (TPSA) is 38.5 Å². The Balaban J connectivity index is 2.36. The summed E-state index contributed by atoms with van der Waals surface area (Å²) in [6, 6.07) is 6.58. The molecular formula is C15H21BrN2OS. The number of nitrogens with zero attached hydrogens (tertiary/aromatic N) is 1. The molecule has 2 rings (SSSR count). The normalized spacial score (nSPS) is 15.9. The van der Waals surface area contributed by atoms with Crippen molar-refractivity contribution in [1.29, 1.82) is 0 Å². The molecule has 0 bridgehead atoms. The minimum absolute atomic E-state index is 0.429. The van der Waals surface area contributed by atoms with Crippen LogP contribution in [0.2, 0.25) is 0 Å². The zero-order chi connectivity index (χ0) is 14.7. The summed E-state index contributed by atoms with van der Waals surface area (Å²) in [6.07, 6.45) is 2.61. The molecular weight excluding hydrogens is 336 g/mol. The van der Waals surface area contributed by atoms with Gasteiger partial charge in [-0.3, -0.25) is 0 Å². The van der Waals surface area contributed by atoms with Crippen molar-refractivity contribution in [3.63, 3.8) is 0 Å². The lowest BCUT2D eigenvalue weighted by molar-refractivity contribution is 0.202. The molecule has 5 heteroatoms. The van der Waals surface area contributed by atoms with Gasteiger partial charge in [0.15, 0.2) is 0 Å². The Morgan fingerprint density at radius 1 is 1.55 bits per heavy atom. The molecule has 1 fully saturated rings. The fourth-order valence-corrected chi connectivity index (χ4v) is 3.48. The maximum absolute atomic E-state index is 5.92. The molecule has 110 valence electrons. The van der Waals surface area contributed by atoms with Crippen molar-refractivity contribution in [2.24, 2.45) is 11.7 Å². The molecule has 3 nitrogen and oxygen atoms in total. The van der Waals surface area contributed by atoms with Gasteiger partial charge in [0, 0.05) is 35.4 Å². The standard InChI is InChI=1S/C15H21BrN2OS/c1-10(11-6-7-11)18(8-9-19-2)13-5-3-4-12(16)14(13)15(17)20/h3-5,10-11H,6-9H2,1-2H3,(H2,17,20). The predicted molar refractivity (Wildman–Crippen MR) is 91.4 cm³/mol. The number of halogens is 1. The zero-order valence-corrected chi connectivity index (χ0v) is 14.3. The van der Waals surface area contributed by atoms with Gasteiger partial charge in [0.05, 0.1) is 6.61 Å². The largest absolute Gasteiger partial charge is 0.389 e. The van der Waals surface area contributed by atoms with Gasteiger partial charge in [0.2, 0.25) is 0 Å². The van der Waals surface area contributed by atoms with Crippen LogP contribution in [-0.4, -0.2) is 31.3 Å². The number of hydrogen-bond donors (Lipinski definition) is 1. The van der Waals surface area contributed by atoms with E-state index in [0.717, 1.165) is 28.2 Å². The Labute approximate surface area is 134 Å². The Morgan fingerprint density at radius 2 is 2.25 bits per heavy atom. The minimum atomic E-state index is 0.429. The summed E-state index contributed by atoms with van der Waals surface area (Å²) in [6.45, 7) is 3.82. The number of nitrogens with two attached hydrogens (primary N) is 1. The van der Waals surface area contributed by atoms with Gasteiger partial charge in [0.1, 0.15) is 4.99 Å². The van der Waals surface area contributed by atoms with E-state index >= 15 is 0 Å². The highest BCUT2D eigenvalue weighted by Gasteiger charge is 2.33. The lowest BCUT2D eigenvalue weighted by Gasteiger charge is -2.33. The maximum Gasteiger partial charge on any atom is 0.107 e. The summed E-state index contributed by atoms with van der Waals surface area (Å²) in [7, 11) is 1.73. The van der Waals surface area contributed by atoms with E-state index in [2.05, 4.69) is 33.8 Å². The Bertz CT molecular complexity index is 491. The van der Waals surface area contributed by atoms with Crippen LogP contribution in [0, 0.1) is 5.92 Å². The van der Waals surface area contributed by atoms with Gasteiger partial charge in [-0.1, -0.05) is 18.3 Å². The molecule has 0 amide bonds. The fourth-order valence-electron chi connectivity index (χ4n) is 2.56. The van der Waals surface area contributed by atoms with E-state index in [0.29, 0.717) is 17.6 Å². The summed E-state index contributed by atoms with van der Waals surface area (Å²) in [5.74, 6) is 0.769. The molecule has 2 N–H and O–H groups in total. The van der Waals surface area contributed by atoms with Gasteiger partial charge in [0.25, 0.3) is 0 Å². The average molecular weight is 357 g/mol. The summed E-state index contributed by atoms with van der Waals surface area (Å²) < 4.78 is 6.21. The number of thiocarbonyl (C=S) groups is 1. The van der Waals surface area contributed by atoms with Crippen LogP contribution >= 0.6 is 28.1 Å². The molecule has 1 atom stereocenters. The molecule has 1 aromatic rings. The third kappa shape index (κ3) is 3.51. The van der Waals surface area contributed by atoms with Crippen LogP contribution < -0.4 is 10.6 Å². The Kier molecular flexibility index (Phi) is 5.41. The third-order valence-corrected chi connectivity index (χ3v) is 4.74. The monoisotopic (exact) mass is 356 g/mol. The second kappa shape index (κ2) is 6.87. The zero-order valence-electron chi connectivity index (χ0n) is 11.9. The molecule has 1 aromatic carbocycles. The first kappa shape index (κ1) is 15.7. The van der Waals surface area contributed by atoms with Crippen LogP contribution in [-0.2, 0) is 4.74 Å². The third-order valence-electron chi connectivity index (χ3n) is 3.88. The molecule has 0 spiro atoms. The number of rotatable bonds is 7. The van der Waals surface area contributed by atoms with Crippen LogP contribution in [0.1, 0.15) is 25.3 Å². The van der Waals surface area contributed by atoms with E-state index in [9.17, 15) is 0 Å². The van der Waals surface area contributed by atoms with Crippen molar-refractivity contribution in [3.05, 3.63) is 28.2 Å². The number of ether oxygens (including phenoxy) is 1. The molecule has 20 heavy (non-hydrogen) atoms. The highest BCUT2D eigenvalue weighted by molar-refractivity contribution is 9.10. The highest BCUT2D eigenvalue weighted by Crippen LogP contribution is 2.38. The van der Waals surface area contributed by atoms with E-state index in [4.69, 9.17) is 22.7 Å². The molecule has 1 saturated carbocycles. The van der Waals surface area contributed by atoms with E-state index in [-0.39, 0.29) is 0 Å². The van der Waals surface area contributed by atoms with Crippen molar-refractivity contribution in [1.82, 2.24) is 0 Å². The van der Waals surface area contributed by atoms with Gasteiger partial charge in [-0.15, -0.1) is 0 Å². The van der Waals surface area contributed by atoms with E-state index in [1.54, 1.807) is 7.11 Å². The van der Waals surface area contributed by atoms with Crippen LogP contribution in [0.15, 0.2) is 22.7 Å². The number of benzene rings is 1. The van der Waals surface area contributed by atoms with Crippen molar-refractivity contribution in [3.8, 4) is 0 Å². The Hall–Kier alpha value is -0.650. The second-order valence-electron chi connectivity index (χ2n) is 5.26. The van der Waals surface area contributed by atoms with Gasteiger partial charge in [-0.25, -0.2) is 0 Å². The average Bonchev–Trinajstić information content (AvgIpc) is 3.22. The molecule has 0 saturated heterocycles. The van der Waals surface area contributed by atoms with Gasteiger partial charge >= 0.3 is 0 Å². The van der Waals surface area contributed by atoms with E-state index in [1.165, 1.54) is 12.8 Å². The Morgan fingerprint density at radius 3 is 2.80 bits per heavy atom. The van der Waals surface area contributed by atoms with Gasteiger partial charge in [-0.2, -0.15) is 0 Å².